The van der Waals surface area contributed by atoms with E-state index in [-0.39, 0.29) is 17.7 Å². The molecule has 31 heavy (non-hydrogen) atoms. The SMILES string of the molecule is CC(=O)N1CCC(CC(=O)N2CC(c3nc(CCOCC4CCOCC4)no3)C2)CC1. The second kappa shape index (κ2) is 10.5. The molecule has 2 amide bonds. The van der Waals surface area contributed by atoms with Crippen LogP contribution in [0, 0.1) is 11.8 Å². The zero-order valence-electron chi connectivity index (χ0n) is 18.5. The van der Waals surface area contributed by atoms with Crippen molar-refractivity contribution in [3.63, 3.8) is 0 Å². The maximum atomic E-state index is 12.6. The maximum Gasteiger partial charge on any atom is 0.233 e. The lowest BCUT2D eigenvalue weighted by atomic mass is 9.91. The first-order valence-electron chi connectivity index (χ1n) is 11.6. The van der Waals surface area contributed by atoms with Crippen molar-refractivity contribution < 1.29 is 23.6 Å². The molecule has 9 nitrogen and oxygen atoms in total. The van der Waals surface area contributed by atoms with Crippen LogP contribution in [-0.4, -0.2) is 84.4 Å². The zero-order chi connectivity index (χ0) is 21.6. The predicted molar refractivity (Wildman–Crippen MR) is 111 cm³/mol. The lowest BCUT2D eigenvalue weighted by Gasteiger charge is -2.39. The van der Waals surface area contributed by atoms with Gasteiger partial charge in [-0.2, -0.15) is 4.98 Å². The van der Waals surface area contributed by atoms with Gasteiger partial charge < -0.3 is 23.8 Å². The fourth-order valence-corrected chi connectivity index (χ4v) is 4.53. The van der Waals surface area contributed by atoms with Gasteiger partial charge in [0, 0.05) is 65.8 Å². The molecular formula is C22H34N4O5. The Hall–Kier alpha value is -2.00. The molecule has 0 unspecified atom stereocenters. The molecule has 0 bridgehead atoms. The number of hydrogen-bond donors (Lipinski definition) is 0. The number of carbonyl (C=O) groups is 2. The summed E-state index contributed by atoms with van der Waals surface area (Å²) in [5.41, 5.74) is 0. The molecular weight excluding hydrogens is 400 g/mol. The van der Waals surface area contributed by atoms with E-state index in [0.717, 1.165) is 58.6 Å². The van der Waals surface area contributed by atoms with Crippen molar-refractivity contribution in [2.75, 3.05) is 52.6 Å². The van der Waals surface area contributed by atoms with E-state index < -0.39 is 0 Å². The van der Waals surface area contributed by atoms with Crippen LogP contribution >= 0.6 is 0 Å². The highest BCUT2D eigenvalue weighted by Gasteiger charge is 2.36. The van der Waals surface area contributed by atoms with Crippen molar-refractivity contribution in [3.8, 4) is 0 Å². The molecule has 3 saturated heterocycles. The van der Waals surface area contributed by atoms with E-state index in [0.29, 0.717) is 56.1 Å². The number of ether oxygens (including phenoxy) is 2. The summed E-state index contributed by atoms with van der Waals surface area (Å²) in [6.07, 6.45) is 5.17. The van der Waals surface area contributed by atoms with E-state index in [1.165, 1.54) is 0 Å². The molecule has 0 N–H and O–H groups in total. The summed E-state index contributed by atoms with van der Waals surface area (Å²) < 4.78 is 16.6. The largest absolute Gasteiger partial charge is 0.381 e. The molecule has 3 aliphatic rings. The van der Waals surface area contributed by atoms with Crippen LogP contribution in [0.1, 0.15) is 56.7 Å². The van der Waals surface area contributed by atoms with Gasteiger partial charge in [-0.25, -0.2) is 0 Å². The first kappa shape index (κ1) is 22.2. The third-order valence-corrected chi connectivity index (χ3v) is 6.75. The van der Waals surface area contributed by atoms with Crippen molar-refractivity contribution in [2.45, 2.75) is 51.4 Å². The van der Waals surface area contributed by atoms with Gasteiger partial charge >= 0.3 is 0 Å². The minimum atomic E-state index is 0.125. The highest BCUT2D eigenvalue weighted by Crippen LogP contribution is 2.29. The molecule has 1 aromatic rings. The summed E-state index contributed by atoms with van der Waals surface area (Å²) in [4.78, 5) is 32.2. The Labute approximate surface area is 183 Å². The van der Waals surface area contributed by atoms with Gasteiger partial charge in [-0.3, -0.25) is 9.59 Å². The van der Waals surface area contributed by atoms with Gasteiger partial charge in [0.25, 0.3) is 0 Å². The monoisotopic (exact) mass is 434 g/mol. The summed E-state index contributed by atoms with van der Waals surface area (Å²) in [5, 5.41) is 4.07. The highest BCUT2D eigenvalue weighted by atomic mass is 16.5. The van der Waals surface area contributed by atoms with Crippen molar-refractivity contribution in [2.24, 2.45) is 11.8 Å². The van der Waals surface area contributed by atoms with Gasteiger partial charge in [0.05, 0.1) is 12.5 Å². The molecule has 0 saturated carbocycles. The molecule has 0 spiro atoms. The van der Waals surface area contributed by atoms with E-state index in [9.17, 15) is 9.59 Å². The second-order valence-corrected chi connectivity index (χ2v) is 9.08. The van der Waals surface area contributed by atoms with Crippen molar-refractivity contribution in [1.82, 2.24) is 19.9 Å². The summed E-state index contributed by atoms with van der Waals surface area (Å²) in [6.45, 7) is 7.45. The molecule has 0 aliphatic carbocycles. The van der Waals surface area contributed by atoms with E-state index >= 15 is 0 Å². The highest BCUT2D eigenvalue weighted by molar-refractivity contribution is 5.77. The lowest BCUT2D eigenvalue weighted by molar-refractivity contribution is -0.137. The lowest BCUT2D eigenvalue weighted by Crippen LogP contribution is -2.49. The van der Waals surface area contributed by atoms with Gasteiger partial charge in [0.1, 0.15) is 0 Å². The van der Waals surface area contributed by atoms with Crippen LogP contribution in [0.4, 0.5) is 0 Å². The zero-order valence-corrected chi connectivity index (χ0v) is 18.5. The number of nitrogens with zero attached hydrogens (tertiary/aromatic N) is 4. The number of aromatic nitrogens is 2. The van der Waals surface area contributed by atoms with Crippen LogP contribution < -0.4 is 0 Å². The molecule has 3 fully saturated rings. The van der Waals surface area contributed by atoms with Gasteiger partial charge in [-0.15, -0.1) is 0 Å². The van der Waals surface area contributed by atoms with Crippen LogP contribution in [0.25, 0.3) is 0 Å². The average Bonchev–Trinajstić information content (AvgIpc) is 3.19. The normalized spacial score (nSPS) is 21.3. The van der Waals surface area contributed by atoms with Crippen LogP contribution in [0.5, 0.6) is 0 Å². The molecule has 0 radical (unpaired) electrons. The third-order valence-electron chi connectivity index (χ3n) is 6.75. The fraction of sp³-hybridized carbons (Fsp3) is 0.818. The van der Waals surface area contributed by atoms with Crippen LogP contribution in [0.3, 0.4) is 0 Å². The standard InChI is InChI=1S/C22H34N4O5/c1-16(27)25-7-2-17(3-8-25)12-21(28)26-13-19(14-26)22-23-20(24-31-22)6-11-30-15-18-4-9-29-10-5-18/h17-19H,2-15H2,1H3. The van der Waals surface area contributed by atoms with E-state index in [2.05, 4.69) is 10.1 Å². The quantitative estimate of drug-likeness (QED) is 0.574. The Bertz CT molecular complexity index is 734. The topological polar surface area (TPSA) is 98.0 Å². The van der Waals surface area contributed by atoms with E-state index in [4.69, 9.17) is 14.0 Å². The number of hydrogen-bond acceptors (Lipinski definition) is 7. The third kappa shape index (κ3) is 6.04. The molecule has 4 rings (SSSR count). The summed E-state index contributed by atoms with van der Waals surface area (Å²) in [7, 11) is 0. The van der Waals surface area contributed by atoms with E-state index in [1.54, 1.807) is 6.92 Å². The molecule has 172 valence electrons. The molecule has 4 heterocycles. The summed E-state index contributed by atoms with van der Waals surface area (Å²) in [5.74, 6) is 2.71. The number of amides is 2. The minimum Gasteiger partial charge on any atom is -0.381 e. The first-order chi connectivity index (χ1) is 15.1. The van der Waals surface area contributed by atoms with Gasteiger partial charge in [0.15, 0.2) is 5.82 Å². The van der Waals surface area contributed by atoms with Crippen LogP contribution in [-0.2, 0) is 25.5 Å². The van der Waals surface area contributed by atoms with Crippen molar-refractivity contribution >= 4 is 11.8 Å². The Morgan fingerprint density at radius 1 is 1.06 bits per heavy atom. The average molecular weight is 435 g/mol. The number of piperidine rings is 1. The van der Waals surface area contributed by atoms with Crippen molar-refractivity contribution in [3.05, 3.63) is 11.7 Å². The van der Waals surface area contributed by atoms with Crippen LogP contribution in [0.2, 0.25) is 0 Å². The number of carbonyl (C=O) groups excluding carboxylic acids is 2. The van der Waals surface area contributed by atoms with Gasteiger partial charge in [0.2, 0.25) is 17.7 Å². The Kier molecular flexibility index (Phi) is 7.55. The molecule has 0 atom stereocenters. The molecule has 1 aromatic heterocycles. The Morgan fingerprint density at radius 3 is 2.52 bits per heavy atom. The van der Waals surface area contributed by atoms with Crippen LogP contribution in [0.15, 0.2) is 4.52 Å². The minimum absolute atomic E-state index is 0.125. The second-order valence-electron chi connectivity index (χ2n) is 9.08. The molecule has 0 aromatic carbocycles. The Balaban J connectivity index is 1.11. The first-order valence-corrected chi connectivity index (χ1v) is 11.6. The number of rotatable bonds is 8. The predicted octanol–water partition coefficient (Wildman–Crippen LogP) is 1.63. The fourth-order valence-electron chi connectivity index (χ4n) is 4.53. The maximum absolute atomic E-state index is 12.6. The summed E-state index contributed by atoms with van der Waals surface area (Å²) >= 11 is 0. The molecule has 3 aliphatic heterocycles. The van der Waals surface area contributed by atoms with Crippen molar-refractivity contribution in [1.29, 1.82) is 0 Å². The summed E-state index contributed by atoms with van der Waals surface area (Å²) in [6, 6.07) is 0. The van der Waals surface area contributed by atoms with Gasteiger partial charge in [-0.05, 0) is 37.5 Å². The van der Waals surface area contributed by atoms with E-state index in [1.807, 2.05) is 9.80 Å². The smallest absolute Gasteiger partial charge is 0.233 e. The molecule has 9 heteroatoms. The van der Waals surface area contributed by atoms with Gasteiger partial charge in [-0.1, -0.05) is 5.16 Å². The number of likely N-dealkylation sites (tertiary alicyclic amines) is 2. The Morgan fingerprint density at radius 2 is 1.81 bits per heavy atom.